The van der Waals surface area contributed by atoms with Gasteiger partial charge in [0.25, 0.3) is 5.91 Å². The second-order valence-electron chi connectivity index (χ2n) is 7.74. The zero-order chi connectivity index (χ0) is 19.8. The predicted molar refractivity (Wildman–Crippen MR) is 123 cm³/mol. The zero-order valence-corrected chi connectivity index (χ0v) is 18.7. The maximum Gasteiger partial charge on any atom is 0.253 e. The quantitative estimate of drug-likeness (QED) is 0.602. The van der Waals surface area contributed by atoms with Crippen LogP contribution < -0.4 is 16.0 Å². The highest BCUT2D eigenvalue weighted by Gasteiger charge is 2.29. The molecule has 6 nitrogen and oxygen atoms in total. The molecule has 1 atom stereocenters. The SMILES string of the molecule is CC1(CNC(=O)C(Cc2ccccc2)NC(=O)c2cccnc2)CCNCC1.Cl.Cl. The number of benzene rings is 1. The average Bonchev–Trinajstić information content (AvgIpc) is 2.73. The minimum absolute atomic E-state index is 0. The Morgan fingerprint density at radius 3 is 2.43 bits per heavy atom. The molecule has 1 unspecified atom stereocenters. The fourth-order valence-corrected chi connectivity index (χ4v) is 3.43. The molecule has 0 saturated carbocycles. The maximum absolute atomic E-state index is 12.9. The lowest BCUT2D eigenvalue weighted by molar-refractivity contribution is -0.123. The van der Waals surface area contributed by atoms with Crippen LogP contribution in [0.2, 0.25) is 0 Å². The molecular formula is C22H30Cl2N4O2. The molecule has 0 spiro atoms. The highest BCUT2D eigenvalue weighted by molar-refractivity contribution is 5.97. The first-order valence-electron chi connectivity index (χ1n) is 9.79. The van der Waals surface area contributed by atoms with Crippen molar-refractivity contribution in [3.8, 4) is 0 Å². The van der Waals surface area contributed by atoms with Crippen LogP contribution in [0.5, 0.6) is 0 Å². The minimum atomic E-state index is -0.638. The third kappa shape index (κ3) is 7.59. The molecular weight excluding hydrogens is 423 g/mol. The predicted octanol–water partition coefficient (Wildman–Crippen LogP) is 2.77. The van der Waals surface area contributed by atoms with E-state index in [4.69, 9.17) is 0 Å². The molecule has 1 aliphatic heterocycles. The summed E-state index contributed by atoms with van der Waals surface area (Å²) in [7, 11) is 0. The molecule has 30 heavy (non-hydrogen) atoms. The van der Waals surface area contributed by atoms with Crippen molar-refractivity contribution in [3.63, 3.8) is 0 Å². The molecule has 0 aliphatic carbocycles. The van der Waals surface area contributed by atoms with Crippen LogP contribution in [0, 0.1) is 5.41 Å². The Bertz CT molecular complexity index is 784. The number of pyridine rings is 1. The van der Waals surface area contributed by atoms with Crippen LogP contribution in [0.4, 0.5) is 0 Å². The summed E-state index contributed by atoms with van der Waals surface area (Å²) in [5.41, 5.74) is 1.53. The number of hydrogen-bond donors (Lipinski definition) is 3. The topological polar surface area (TPSA) is 83.1 Å². The Hall–Kier alpha value is -2.15. The van der Waals surface area contributed by atoms with Gasteiger partial charge in [-0.2, -0.15) is 0 Å². The number of nitrogens with one attached hydrogen (secondary N) is 3. The molecule has 8 heteroatoms. The van der Waals surface area contributed by atoms with Crippen molar-refractivity contribution in [2.45, 2.75) is 32.2 Å². The van der Waals surface area contributed by atoms with Crippen LogP contribution in [0.3, 0.4) is 0 Å². The Morgan fingerprint density at radius 1 is 1.10 bits per heavy atom. The average molecular weight is 453 g/mol. The summed E-state index contributed by atoms with van der Waals surface area (Å²) in [5.74, 6) is -0.446. The van der Waals surface area contributed by atoms with E-state index in [0.29, 0.717) is 18.5 Å². The number of nitrogens with zero attached hydrogens (tertiary/aromatic N) is 1. The molecule has 3 rings (SSSR count). The molecule has 3 N–H and O–H groups in total. The van der Waals surface area contributed by atoms with Gasteiger partial charge < -0.3 is 16.0 Å². The summed E-state index contributed by atoms with van der Waals surface area (Å²) in [4.78, 5) is 29.5. The van der Waals surface area contributed by atoms with Crippen molar-refractivity contribution >= 4 is 36.6 Å². The van der Waals surface area contributed by atoms with Gasteiger partial charge in [0.2, 0.25) is 5.91 Å². The molecule has 0 bridgehead atoms. The Morgan fingerprint density at radius 2 is 1.80 bits per heavy atom. The minimum Gasteiger partial charge on any atom is -0.354 e. The molecule has 1 saturated heterocycles. The van der Waals surface area contributed by atoms with Gasteiger partial charge in [0.05, 0.1) is 5.56 Å². The van der Waals surface area contributed by atoms with Gasteiger partial charge in [-0.15, -0.1) is 24.8 Å². The van der Waals surface area contributed by atoms with Crippen molar-refractivity contribution < 1.29 is 9.59 Å². The van der Waals surface area contributed by atoms with Crippen LogP contribution in [0.25, 0.3) is 0 Å². The normalized spacial score (nSPS) is 15.6. The molecule has 1 aromatic carbocycles. The number of rotatable bonds is 7. The highest BCUT2D eigenvalue weighted by atomic mass is 35.5. The fraction of sp³-hybridized carbons (Fsp3) is 0.409. The third-order valence-electron chi connectivity index (χ3n) is 5.33. The lowest BCUT2D eigenvalue weighted by Gasteiger charge is -2.34. The summed E-state index contributed by atoms with van der Waals surface area (Å²) < 4.78 is 0. The summed E-state index contributed by atoms with van der Waals surface area (Å²) in [6, 6.07) is 12.5. The standard InChI is InChI=1S/C22H28N4O2.2ClH/c1-22(9-12-23-13-10-22)16-25-21(28)19(14-17-6-3-2-4-7-17)26-20(27)18-8-5-11-24-15-18;;/h2-8,11,15,19,23H,9-10,12-14,16H2,1H3,(H,25,28)(H,26,27);2*1H. The van der Waals surface area contributed by atoms with Crippen molar-refractivity contribution in [3.05, 3.63) is 66.0 Å². The van der Waals surface area contributed by atoms with E-state index in [9.17, 15) is 9.59 Å². The summed E-state index contributed by atoms with van der Waals surface area (Å²) in [6.45, 7) is 4.76. The number of carbonyl (C=O) groups excluding carboxylic acids is 2. The van der Waals surface area contributed by atoms with Crippen LogP contribution in [0.15, 0.2) is 54.9 Å². The number of halogens is 2. The molecule has 1 aromatic heterocycles. The number of piperidine rings is 1. The number of hydrogen-bond acceptors (Lipinski definition) is 4. The largest absolute Gasteiger partial charge is 0.354 e. The molecule has 0 radical (unpaired) electrons. The monoisotopic (exact) mass is 452 g/mol. The van der Waals surface area contributed by atoms with E-state index in [1.165, 1.54) is 6.20 Å². The third-order valence-corrected chi connectivity index (χ3v) is 5.33. The lowest BCUT2D eigenvalue weighted by atomic mass is 9.81. The van der Waals surface area contributed by atoms with Gasteiger partial charge in [0.15, 0.2) is 0 Å². The van der Waals surface area contributed by atoms with Crippen LogP contribution >= 0.6 is 24.8 Å². The molecule has 2 amide bonds. The zero-order valence-electron chi connectivity index (χ0n) is 17.1. The first-order chi connectivity index (χ1) is 13.6. The Balaban J connectivity index is 0.00000225. The van der Waals surface area contributed by atoms with Gasteiger partial charge in [0, 0.05) is 25.4 Å². The van der Waals surface area contributed by atoms with Gasteiger partial charge in [-0.25, -0.2) is 0 Å². The fourth-order valence-electron chi connectivity index (χ4n) is 3.43. The van der Waals surface area contributed by atoms with Crippen molar-refractivity contribution in [2.24, 2.45) is 5.41 Å². The molecule has 164 valence electrons. The Labute approximate surface area is 190 Å². The van der Waals surface area contributed by atoms with Crippen LogP contribution in [0.1, 0.15) is 35.7 Å². The van der Waals surface area contributed by atoms with Crippen molar-refractivity contribution in [2.75, 3.05) is 19.6 Å². The maximum atomic E-state index is 12.9. The van der Waals surface area contributed by atoms with E-state index in [1.807, 2.05) is 30.3 Å². The van der Waals surface area contributed by atoms with E-state index in [0.717, 1.165) is 31.5 Å². The second-order valence-corrected chi connectivity index (χ2v) is 7.74. The Kier molecular flexibility index (Phi) is 10.8. The number of amides is 2. The van der Waals surface area contributed by atoms with Gasteiger partial charge in [-0.3, -0.25) is 14.6 Å². The van der Waals surface area contributed by atoms with Gasteiger partial charge in [0.1, 0.15) is 6.04 Å². The van der Waals surface area contributed by atoms with E-state index in [2.05, 4.69) is 27.9 Å². The molecule has 1 aliphatic rings. The smallest absolute Gasteiger partial charge is 0.253 e. The van der Waals surface area contributed by atoms with Crippen molar-refractivity contribution in [1.29, 1.82) is 0 Å². The first-order valence-corrected chi connectivity index (χ1v) is 9.79. The number of aromatic nitrogens is 1. The van der Waals surface area contributed by atoms with Crippen molar-refractivity contribution in [1.82, 2.24) is 20.9 Å². The number of carbonyl (C=O) groups is 2. The van der Waals surface area contributed by atoms with Crippen LogP contribution in [-0.4, -0.2) is 42.5 Å². The van der Waals surface area contributed by atoms with E-state index >= 15 is 0 Å². The molecule has 1 fully saturated rings. The summed E-state index contributed by atoms with van der Waals surface area (Å²) in [5, 5.41) is 9.30. The summed E-state index contributed by atoms with van der Waals surface area (Å²) in [6.07, 6.45) is 5.61. The molecule has 2 aromatic rings. The van der Waals surface area contributed by atoms with Gasteiger partial charge in [-0.1, -0.05) is 37.3 Å². The van der Waals surface area contributed by atoms with Gasteiger partial charge >= 0.3 is 0 Å². The van der Waals surface area contributed by atoms with Gasteiger partial charge in [-0.05, 0) is 49.0 Å². The van der Waals surface area contributed by atoms with E-state index < -0.39 is 6.04 Å². The lowest BCUT2D eigenvalue weighted by Crippen LogP contribution is -2.51. The molecule has 2 heterocycles. The van der Waals surface area contributed by atoms with Crippen LogP contribution in [-0.2, 0) is 11.2 Å². The van der Waals surface area contributed by atoms with E-state index in [-0.39, 0.29) is 42.0 Å². The highest BCUT2D eigenvalue weighted by Crippen LogP contribution is 2.26. The van der Waals surface area contributed by atoms with E-state index in [1.54, 1.807) is 18.3 Å². The summed E-state index contributed by atoms with van der Waals surface area (Å²) >= 11 is 0. The first kappa shape index (κ1) is 25.9. The second kappa shape index (κ2) is 12.5.